The van der Waals surface area contributed by atoms with Gasteiger partial charge in [-0.3, -0.25) is 9.89 Å². The molecular weight excluding hydrogens is 412 g/mol. The second-order valence-electron chi connectivity index (χ2n) is 8.63. The third-order valence-electron chi connectivity index (χ3n) is 6.64. The van der Waals surface area contributed by atoms with Gasteiger partial charge in [-0.05, 0) is 42.5 Å². The maximum atomic E-state index is 13.9. The minimum atomic E-state index is -0.249. The van der Waals surface area contributed by atoms with E-state index >= 15 is 0 Å². The number of nitrogens with zero attached hydrogens (tertiary/aromatic N) is 2. The molecule has 6 nitrogen and oxygen atoms in total. The molecule has 5 aromatic rings. The summed E-state index contributed by atoms with van der Waals surface area (Å²) < 4.78 is 6.49. The zero-order valence-electron chi connectivity index (χ0n) is 17.9. The summed E-state index contributed by atoms with van der Waals surface area (Å²) in [5.74, 6) is 0.530. The van der Waals surface area contributed by atoms with Crippen LogP contribution < -0.4 is 11.2 Å². The number of hydrogen-bond donors (Lipinski definition) is 2. The average Bonchev–Trinajstić information content (AvgIpc) is 3.38. The highest BCUT2D eigenvalue weighted by molar-refractivity contribution is 5.96. The van der Waals surface area contributed by atoms with Crippen LogP contribution in [0.3, 0.4) is 0 Å². The highest BCUT2D eigenvalue weighted by atomic mass is 16.3. The maximum Gasteiger partial charge on any atom is 0.201 e. The molecule has 1 fully saturated rings. The Morgan fingerprint density at radius 2 is 1.70 bits per heavy atom. The molecule has 0 amide bonds. The van der Waals surface area contributed by atoms with Crippen molar-refractivity contribution in [1.29, 1.82) is 0 Å². The Hall–Kier alpha value is -4.03. The highest BCUT2D eigenvalue weighted by Gasteiger charge is 2.34. The van der Waals surface area contributed by atoms with Gasteiger partial charge in [0.2, 0.25) is 5.43 Å². The van der Waals surface area contributed by atoms with Gasteiger partial charge in [0.1, 0.15) is 17.0 Å². The monoisotopic (exact) mass is 434 g/mol. The van der Waals surface area contributed by atoms with E-state index in [1.165, 1.54) is 0 Å². The second kappa shape index (κ2) is 7.53. The summed E-state index contributed by atoms with van der Waals surface area (Å²) in [6.07, 6.45) is 4.82. The Morgan fingerprint density at radius 1 is 0.909 bits per heavy atom. The number of para-hydroxylation sites is 1. The molecule has 2 heterocycles. The lowest BCUT2D eigenvalue weighted by atomic mass is 9.72. The molecule has 0 unspecified atom stereocenters. The van der Waals surface area contributed by atoms with Crippen LogP contribution in [-0.2, 0) is 5.54 Å². The number of benzene rings is 3. The van der Waals surface area contributed by atoms with Gasteiger partial charge >= 0.3 is 0 Å². The quantitative estimate of drug-likeness (QED) is 0.403. The lowest BCUT2D eigenvalue weighted by Gasteiger charge is -2.38. The van der Waals surface area contributed by atoms with Crippen LogP contribution in [0.15, 0.2) is 88.2 Å². The van der Waals surface area contributed by atoms with E-state index in [0.29, 0.717) is 33.6 Å². The van der Waals surface area contributed by atoms with Gasteiger partial charge in [0.15, 0.2) is 0 Å². The van der Waals surface area contributed by atoms with Crippen molar-refractivity contribution in [3.63, 3.8) is 0 Å². The molecule has 6 rings (SSSR count). The van der Waals surface area contributed by atoms with Crippen molar-refractivity contribution in [2.45, 2.75) is 24.8 Å². The second-order valence-corrected chi connectivity index (χ2v) is 8.63. The molecule has 0 spiro atoms. The maximum absolute atomic E-state index is 13.9. The van der Waals surface area contributed by atoms with Crippen LogP contribution >= 0.6 is 0 Å². The summed E-state index contributed by atoms with van der Waals surface area (Å²) in [5, 5.41) is 11.2. The van der Waals surface area contributed by atoms with E-state index in [9.17, 15) is 4.79 Å². The Morgan fingerprint density at radius 3 is 2.36 bits per heavy atom. The molecule has 6 heteroatoms. The zero-order chi connectivity index (χ0) is 22.4. The van der Waals surface area contributed by atoms with E-state index in [-0.39, 0.29) is 11.0 Å². The summed E-state index contributed by atoms with van der Waals surface area (Å²) in [6, 6.07) is 23.3. The van der Waals surface area contributed by atoms with E-state index in [4.69, 9.17) is 10.2 Å². The standard InChI is InChI=1S/C27H22N4O2/c28-27(14-5-15-27)19-12-10-17(11-13-19)23-24(32)21-9-4-8-20(22-16-29-31-30-22)26(21)33-25(23)18-6-2-1-3-7-18/h1-4,6-13,16H,5,14-15,28H2,(H,29,30,31). The first-order chi connectivity index (χ1) is 16.1. The lowest BCUT2D eigenvalue weighted by molar-refractivity contribution is 0.253. The molecule has 162 valence electrons. The summed E-state index contributed by atoms with van der Waals surface area (Å²) in [5.41, 5.74) is 11.3. The van der Waals surface area contributed by atoms with Gasteiger partial charge in [0.25, 0.3) is 0 Å². The molecule has 0 aliphatic heterocycles. The molecule has 1 aliphatic rings. The van der Waals surface area contributed by atoms with Crippen LogP contribution in [0.25, 0.3) is 44.7 Å². The molecule has 33 heavy (non-hydrogen) atoms. The molecule has 1 saturated carbocycles. The van der Waals surface area contributed by atoms with Crippen LogP contribution in [0.4, 0.5) is 0 Å². The minimum Gasteiger partial charge on any atom is -0.454 e. The first-order valence-electron chi connectivity index (χ1n) is 11.1. The molecule has 0 bridgehead atoms. The zero-order valence-corrected chi connectivity index (χ0v) is 17.9. The van der Waals surface area contributed by atoms with Gasteiger partial charge in [-0.2, -0.15) is 0 Å². The van der Waals surface area contributed by atoms with Gasteiger partial charge < -0.3 is 10.2 Å². The highest BCUT2D eigenvalue weighted by Crippen LogP contribution is 2.40. The van der Waals surface area contributed by atoms with E-state index in [1.807, 2.05) is 66.7 Å². The fourth-order valence-electron chi connectivity index (χ4n) is 4.62. The van der Waals surface area contributed by atoms with Crippen molar-refractivity contribution in [2.24, 2.45) is 5.73 Å². The lowest BCUT2D eigenvalue weighted by Crippen LogP contribution is -2.43. The molecule has 0 saturated heterocycles. The van der Waals surface area contributed by atoms with E-state index < -0.39 is 0 Å². The average molecular weight is 434 g/mol. The van der Waals surface area contributed by atoms with Gasteiger partial charge in [-0.15, -0.1) is 5.10 Å². The van der Waals surface area contributed by atoms with Crippen molar-refractivity contribution >= 4 is 11.0 Å². The first kappa shape index (κ1) is 19.6. The molecule has 2 aromatic heterocycles. The molecule has 3 aromatic carbocycles. The summed E-state index contributed by atoms with van der Waals surface area (Å²) in [7, 11) is 0. The minimum absolute atomic E-state index is 0.0840. The number of nitrogens with two attached hydrogens (primary N) is 1. The molecule has 0 radical (unpaired) electrons. The number of hydrogen-bond acceptors (Lipinski definition) is 5. The van der Waals surface area contributed by atoms with Gasteiger partial charge in [-0.1, -0.05) is 65.9 Å². The van der Waals surface area contributed by atoms with E-state index in [1.54, 1.807) is 12.3 Å². The Labute approximate surface area is 190 Å². The molecule has 3 N–H and O–H groups in total. The van der Waals surface area contributed by atoms with Crippen molar-refractivity contribution in [1.82, 2.24) is 15.4 Å². The topological polar surface area (TPSA) is 97.8 Å². The smallest absolute Gasteiger partial charge is 0.201 e. The third-order valence-corrected chi connectivity index (χ3v) is 6.64. The van der Waals surface area contributed by atoms with Crippen LogP contribution in [0.1, 0.15) is 24.8 Å². The number of rotatable bonds is 4. The molecular formula is C27H22N4O2. The van der Waals surface area contributed by atoms with Crippen molar-refractivity contribution in [3.8, 4) is 33.7 Å². The number of H-pyrrole nitrogens is 1. The van der Waals surface area contributed by atoms with Crippen molar-refractivity contribution in [3.05, 3.63) is 94.8 Å². The number of fused-ring (bicyclic) bond motifs is 1. The molecule has 1 aliphatic carbocycles. The fraction of sp³-hybridized carbons (Fsp3) is 0.148. The van der Waals surface area contributed by atoms with E-state index in [2.05, 4.69) is 15.4 Å². The fourth-order valence-corrected chi connectivity index (χ4v) is 4.62. The van der Waals surface area contributed by atoms with Gasteiger partial charge in [-0.25, -0.2) is 0 Å². The summed E-state index contributed by atoms with van der Waals surface area (Å²) in [4.78, 5) is 13.9. The third kappa shape index (κ3) is 3.18. The summed E-state index contributed by atoms with van der Waals surface area (Å²) in [6.45, 7) is 0. The predicted molar refractivity (Wildman–Crippen MR) is 128 cm³/mol. The number of nitrogens with one attached hydrogen (secondary N) is 1. The van der Waals surface area contributed by atoms with Crippen LogP contribution in [-0.4, -0.2) is 15.4 Å². The Kier molecular flexibility index (Phi) is 4.48. The van der Waals surface area contributed by atoms with Crippen LogP contribution in [0.2, 0.25) is 0 Å². The Balaban J connectivity index is 1.61. The van der Waals surface area contributed by atoms with Gasteiger partial charge in [0, 0.05) is 16.7 Å². The summed E-state index contributed by atoms with van der Waals surface area (Å²) >= 11 is 0. The number of aromatic nitrogens is 3. The largest absolute Gasteiger partial charge is 0.454 e. The van der Waals surface area contributed by atoms with E-state index in [0.717, 1.165) is 36.0 Å². The SMILES string of the molecule is NC1(c2ccc(-c3c(-c4ccccc4)oc4c(-c5c[nH]nn5)cccc4c3=O)cc2)CCC1. The van der Waals surface area contributed by atoms with Crippen LogP contribution in [0.5, 0.6) is 0 Å². The predicted octanol–water partition coefficient (Wildman–Crippen LogP) is 5.25. The van der Waals surface area contributed by atoms with Crippen molar-refractivity contribution in [2.75, 3.05) is 0 Å². The first-order valence-corrected chi connectivity index (χ1v) is 11.1. The number of aromatic amines is 1. The Bertz CT molecular complexity index is 1500. The van der Waals surface area contributed by atoms with Crippen LogP contribution in [0, 0.1) is 0 Å². The van der Waals surface area contributed by atoms with Crippen molar-refractivity contribution < 1.29 is 4.42 Å². The van der Waals surface area contributed by atoms with Gasteiger partial charge in [0.05, 0.1) is 17.1 Å². The normalized spacial score (nSPS) is 14.8. The molecule has 0 atom stereocenters.